The molecule has 1 aliphatic heterocycles. The van der Waals surface area contributed by atoms with E-state index in [0.29, 0.717) is 13.1 Å². The van der Waals surface area contributed by atoms with Crippen molar-refractivity contribution in [2.45, 2.75) is 19.6 Å². The quantitative estimate of drug-likeness (QED) is 0.651. The van der Waals surface area contributed by atoms with E-state index in [-0.39, 0.29) is 5.91 Å². The van der Waals surface area contributed by atoms with E-state index in [9.17, 15) is 4.79 Å². The molecule has 27 heavy (non-hydrogen) atoms. The SMILES string of the molecule is O=C1c2ccccc2CN1CCN(Cc1ccccn1)Cc1ccccn1. The van der Waals surface area contributed by atoms with Crippen molar-refractivity contribution in [1.82, 2.24) is 19.8 Å². The maximum Gasteiger partial charge on any atom is 0.254 e. The average Bonchev–Trinajstić information content (AvgIpc) is 3.04. The van der Waals surface area contributed by atoms with Gasteiger partial charge in [0.1, 0.15) is 0 Å². The number of hydrogen-bond donors (Lipinski definition) is 0. The van der Waals surface area contributed by atoms with Crippen LogP contribution < -0.4 is 0 Å². The van der Waals surface area contributed by atoms with E-state index in [0.717, 1.165) is 42.1 Å². The van der Waals surface area contributed by atoms with Gasteiger partial charge in [0, 0.05) is 50.7 Å². The minimum Gasteiger partial charge on any atom is -0.333 e. The molecule has 1 aliphatic rings. The number of carbonyl (C=O) groups is 1. The number of pyridine rings is 2. The van der Waals surface area contributed by atoms with Crippen LogP contribution in [-0.2, 0) is 19.6 Å². The van der Waals surface area contributed by atoms with E-state index < -0.39 is 0 Å². The minimum absolute atomic E-state index is 0.126. The van der Waals surface area contributed by atoms with Gasteiger partial charge in [-0.3, -0.25) is 19.7 Å². The van der Waals surface area contributed by atoms with Gasteiger partial charge in [0.15, 0.2) is 0 Å². The molecule has 5 heteroatoms. The predicted molar refractivity (Wildman–Crippen MR) is 104 cm³/mol. The predicted octanol–water partition coefficient (Wildman–Crippen LogP) is 3.13. The summed E-state index contributed by atoms with van der Waals surface area (Å²) in [4.78, 5) is 25.7. The summed E-state index contributed by atoms with van der Waals surface area (Å²) in [6.45, 7) is 3.61. The summed E-state index contributed by atoms with van der Waals surface area (Å²) in [6.07, 6.45) is 3.63. The lowest BCUT2D eigenvalue weighted by atomic mass is 10.1. The average molecular weight is 358 g/mol. The fourth-order valence-corrected chi connectivity index (χ4v) is 3.41. The summed E-state index contributed by atoms with van der Waals surface area (Å²) in [6, 6.07) is 19.8. The van der Waals surface area contributed by atoms with Gasteiger partial charge in [0.2, 0.25) is 0 Å². The number of aromatic nitrogens is 2. The number of rotatable bonds is 7. The Morgan fingerprint density at radius 2 is 1.48 bits per heavy atom. The third kappa shape index (κ3) is 4.20. The molecule has 0 bridgehead atoms. The molecule has 0 radical (unpaired) electrons. The van der Waals surface area contributed by atoms with Crippen molar-refractivity contribution in [2.24, 2.45) is 0 Å². The maximum atomic E-state index is 12.6. The second-order valence-corrected chi connectivity index (χ2v) is 6.74. The van der Waals surface area contributed by atoms with Gasteiger partial charge in [-0.25, -0.2) is 0 Å². The van der Waals surface area contributed by atoms with Crippen LogP contribution in [0.25, 0.3) is 0 Å². The Balaban J connectivity index is 1.44. The van der Waals surface area contributed by atoms with Crippen LogP contribution in [-0.4, -0.2) is 38.8 Å². The first-order valence-electron chi connectivity index (χ1n) is 9.19. The van der Waals surface area contributed by atoms with Gasteiger partial charge in [-0.2, -0.15) is 0 Å². The van der Waals surface area contributed by atoms with Crippen LogP contribution in [0.1, 0.15) is 27.3 Å². The molecule has 0 aliphatic carbocycles. The van der Waals surface area contributed by atoms with Crippen LogP contribution in [0.15, 0.2) is 73.1 Å². The van der Waals surface area contributed by atoms with E-state index in [1.165, 1.54) is 0 Å². The van der Waals surface area contributed by atoms with Crippen molar-refractivity contribution < 1.29 is 4.79 Å². The van der Waals surface area contributed by atoms with Crippen LogP contribution in [0, 0.1) is 0 Å². The maximum absolute atomic E-state index is 12.6. The number of carbonyl (C=O) groups excluding carboxylic acids is 1. The highest BCUT2D eigenvalue weighted by Gasteiger charge is 2.26. The van der Waals surface area contributed by atoms with E-state index >= 15 is 0 Å². The fourth-order valence-electron chi connectivity index (χ4n) is 3.41. The second kappa shape index (κ2) is 8.10. The third-order valence-corrected chi connectivity index (χ3v) is 4.81. The Hall–Kier alpha value is -3.05. The lowest BCUT2D eigenvalue weighted by Gasteiger charge is -2.25. The molecule has 136 valence electrons. The number of hydrogen-bond acceptors (Lipinski definition) is 4. The molecule has 3 aromatic rings. The number of nitrogens with zero attached hydrogens (tertiary/aromatic N) is 4. The van der Waals surface area contributed by atoms with Crippen molar-refractivity contribution in [3.8, 4) is 0 Å². The van der Waals surface area contributed by atoms with Gasteiger partial charge >= 0.3 is 0 Å². The largest absolute Gasteiger partial charge is 0.333 e. The summed E-state index contributed by atoms with van der Waals surface area (Å²) in [5.74, 6) is 0.126. The van der Waals surface area contributed by atoms with Gasteiger partial charge < -0.3 is 4.90 Å². The van der Waals surface area contributed by atoms with Crippen molar-refractivity contribution >= 4 is 5.91 Å². The van der Waals surface area contributed by atoms with Crippen molar-refractivity contribution in [3.63, 3.8) is 0 Å². The summed E-state index contributed by atoms with van der Waals surface area (Å²) < 4.78 is 0. The Kier molecular flexibility index (Phi) is 5.21. The van der Waals surface area contributed by atoms with E-state index in [1.807, 2.05) is 78.0 Å². The zero-order valence-corrected chi connectivity index (χ0v) is 15.2. The Morgan fingerprint density at radius 1 is 0.852 bits per heavy atom. The summed E-state index contributed by atoms with van der Waals surface area (Å²) in [5.41, 5.74) is 3.98. The fraction of sp³-hybridized carbons (Fsp3) is 0.227. The molecule has 0 saturated carbocycles. The number of benzene rings is 1. The molecule has 0 saturated heterocycles. The molecule has 1 aromatic carbocycles. The standard InChI is InChI=1S/C22H22N4O/c27-22-21-10-2-1-7-18(21)15-26(22)14-13-25(16-19-8-3-5-11-23-19)17-20-9-4-6-12-24-20/h1-12H,13-17H2. The number of fused-ring (bicyclic) bond motifs is 1. The Labute approximate surface area is 159 Å². The molecule has 0 atom stereocenters. The molecule has 2 aromatic heterocycles. The molecule has 0 spiro atoms. The van der Waals surface area contributed by atoms with Gasteiger partial charge in [0.05, 0.1) is 11.4 Å². The van der Waals surface area contributed by atoms with Crippen LogP contribution in [0.2, 0.25) is 0 Å². The second-order valence-electron chi connectivity index (χ2n) is 6.74. The Morgan fingerprint density at radius 3 is 2.07 bits per heavy atom. The highest BCUT2D eigenvalue weighted by Crippen LogP contribution is 2.22. The molecule has 0 unspecified atom stereocenters. The van der Waals surface area contributed by atoms with Crippen molar-refractivity contribution in [3.05, 3.63) is 95.6 Å². The van der Waals surface area contributed by atoms with Gasteiger partial charge in [-0.05, 0) is 35.9 Å². The summed E-state index contributed by atoms with van der Waals surface area (Å²) in [5, 5.41) is 0. The zero-order valence-electron chi connectivity index (χ0n) is 15.2. The molecular formula is C22H22N4O. The molecular weight excluding hydrogens is 336 g/mol. The molecule has 5 nitrogen and oxygen atoms in total. The van der Waals surface area contributed by atoms with E-state index in [1.54, 1.807) is 0 Å². The monoisotopic (exact) mass is 358 g/mol. The van der Waals surface area contributed by atoms with E-state index in [4.69, 9.17) is 0 Å². The first kappa shape index (κ1) is 17.4. The number of amides is 1. The van der Waals surface area contributed by atoms with Crippen LogP contribution >= 0.6 is 0 Å². The van der Waals surface area contributed by atoms with Crippen molar-refractivity contribution in [1.29, 1.82) is 0 Å². The van der Waals surface area contributed by atoms with Gasteiger partial charge in [-0.15, -0.1) is 0 Å². The highest BCUT2D eigenvalue weighted by atomic mass is 16.2. The summed E-state index contributed by atoms with van der Waals surface area (Å²) in [7, 11) is 0. The Bertz CT molecular complexity index is 857. The molecule has 1 amide bonds. The summed E-state index contributed by atoms with van der Waals surface area (Å²) >= 11 is 0. The topological polar surface area (TPSA) is 49.3 Å². The van der Waals surface area contributed by atoms with Crippen LogP contribution in [0.5, 0.6) is 0 Å². The van der Waals surface area contributed by atoms with Gasteiger partial charge in [-0.1, -0.05) is 30.3 Å². The minimum atomic E-state index is 0.126. The third-order valence-electron chi connectivity index (χ3n) is 4.81. The van der Waals surface area contributed by atoms with Gasteiger partial charge in [0.25, 0.3) is 5.91 Å². The first-order chi connectivity index (χ1) is 13.3. The first-order valence-corrected chi connectivity index (χ1v) is 9.19. The highest BCUT2D eigenvalue weighted by molar-refractivity contribution is 5.98. The van der Waals surface area contributed by atoms with Crippen LogP contribution in [0.4, 0.5) is 0 Å². The molecule has 0 N–H and O–H groups in total. The molecule has 4 rings (SSSR count). The lowest BCUT2D eigenvalue weighted by molar-refractivity contribution is 0.0753. The molecule has 0 fully saturated rings. The van der Waals surface area contributed by atoms with E-state index in [2.05, 4.69) is 14.9 Å². The molecule has 3 heterocycles. The normalized spacial score (nSPS) is 13.2. The zero-order chi connectivity index (χ0) is 18.5. The smallest absolute Gasteiger partial charge is 0.254 e. The lowest BCUT2D eigenvalue weighted by Crippen LogP contribution is -2.35. The van der Waals surface area contributed by atoms with Crippen LogP contribution in [0.3, 0.4) is 0 Å². The van der Waals surface area contributed by atoms with Crippen molar-refractivity contribution in [2.75, 3.05) is 13.1 Å².